The Morgan fingerprint density at radius 1 is 1.39 bits per heavy atom. The quantitative estimate of drug-likeness (QED) is 0.863. The number of nitrogens with zero attached hydrogens (tertiary/aromatic N) is 1. The molecule has 2 atom stereocenters. The van der Waals surface area contributed by atoms with Crippen LogP contribution in [0.1, 0.15) is 18.4 Å². The number of carboxylic acids is 1. The lowest BCUT2D eigenvalue weighted by Crippen LogP contribution is -2.19. The molecule has 5 nitrogen and oxygen atoms in total. The van der Waals surface area contributed by atoms with E-state index in [1.807, 2.05) is 0 Å². The Balaban J connectivity index is 3.21. The van der Waals surface area contributed by atoms with Gasteiger partial charge in [0.1, 0.15) is 11.5 Å². The molecule has 0 radical (unpaired) electrons. The van der Waals surface area contributed by atoms with Crippen molar-refractivity contribution in [2.24, 2.45) is 5.92 Å². The molecule has 0 aromatic heterocycles. The lowest BCUT2D eigenvalue weighted by atomic mass is 9.88. The van der Waals surface area contributed by atoms with Gasteiger partial charge in [-0.2, -0.15) is 5.26 Å². The van der Waals surface area contributed by atoms with Crippen molar-refractivity contribution in [1.29, 1.82) is 5.26 Å². The summed E-state index contributed by atoms with van der Waals surface area (Å²) in [7, 11) is 3.02. The van der Waals surface area contributed by atoms with E-state index in [9.17, 15) is 4.79 Å². The van der Waals surface area contributed by atoms with Crippen LogP contribution >= 0.6 is 0 Å². The Bertz CT molecular complexity index is 478. The van der Waals surface area contributed by atoms with E-state index in [0.29, 0.717) is 17.1 Å². The number of carbonyl (C=O) groups is 1. The third-order valence-electron chi connectivity index (χ3n) is 2.83. The zero-order valence-corrected chi connectivity index (χ0v) is 10.5. The Morgan fingerprint density at radius 2 is 2.06 bits per heavy atom. The minimum atomic E-state index is -1.14. The Morgan fingerprint density at radius 3 is 2.50 bits per heavy atom. The summed E-state index contributed by atoms with van der Waals surface area (Å²) in [4.78, 5) is 11.0. The molecule has 1 aromatic carbocycles. The minimum Gasteiger partial charge on any atom is -0.497 e. The molecule has 0 saturated heterocycles. The summed E-state index contributed by atoms with van der Waals surface area (Å²) in [5.74, 6) is -1.61. The van der Waals surface area contributed by atoms with Crippen molar-refractivity contribution in [2.75, 3.05) is 14.2 Å². The van der Waals surface area contributed by atoms with E-state index in [0.717, 1.165) is 0 Å². The van der Waals surface area contributed by atoms with E-state index >= 15 is 0 Å². The minimum absolute atomic E-state index is 0.488. The summed E-state index contributed by atoms with van der Waals surface area (Å²) in [6, 6.07) is 6.90. The van der Waals surface area contributed by atoms with Gasteiger partial charge < -0.3 is 14.6 Å². The zero-order chi connectivity index (χ0) is 13.7. The normalized spacial score (nSPS) is 13.2. The number of hydrogen-bond acceptors (Lipinski definition) is 4. The molecule has 0 aliphatic heterocycles. The van der Waals surface area contributed by atoms with Crippen LogP contribution in [0.2, 0.25) is 0 Å². The van der Waals surface area contributed by atoms with Gasteiger partial charge in [0.15, 0.2) is 5.92 Å². The Kier molecular flexibility index (Phi) is 4.55. The van der Waals surface area contributed by atoms with Crippen LogP contribution in [0.15, 0.2) is 18.2 Å². The van der Waals surface area contributed by atoms with Crippen molar-refractivity contribution in [3.63, 3.8) is 0 Å². The molecular weight excluding hydrogens is 234 g/mol. The molecule has 96 valence electrons. The maximum Gasteiger partial charge on any atom is 0.321 e. The number of methoxy groups -OCH3 is 2. The lowest BCUT2D eigenvalue weighted by Gasteiger charge is -2.18. The van der Waals surface area contributed by atoms with Crippen LogP contribution in [-0.2, 0) is 4.79 Å². The Hall–Kier alpha value is -2.22. The molecule has 0 fully saturated rings. The molecule has 5 heteroatoms. The predicted octanol–water partition coefficient (Wildman–Crippen LogP) is 2.03. The van der Waals surface area contributed by atoms with E-state index in [-0.39, 0.29) is 0 Å². The van der Waals surface area contributed by atoms with Gasteiger partial charge in [0.2, 0.25) is 0 Å². The van der Waals surface area contributed by atoms with Crippen molar-refractivity contribution in [1.82, 2.24) is 0 Å². The van der Waals surface area contributed by atoms with Crippen LogP contribution in [0.4, 0.5) is 0 Å². The number of rotatable bonds is 5. The summed E-state index contributed by atoms with van der Waals surface area (Å²) in [6.07, 6.45) is 0. The fraction of sp³-hybridized carbons (Fsp3) is 0.385. The van der Waals surface area contributed by atoms with Crippen molar-refractivity contribution in [3.05, 3.63) is 23.8 Å². The number of carboxylic acid groups (broad SMARTS) is 1. The van der Waals surface area contributed by atoms with Gasteiger partial charge in [-0.05, 0) is 18.2 Å². The Labute approximate surface area is 106 Å². The first-order valence-electron chi connectivity index (χ1n) is 5.39. The third-order valence-corrected chi connectivity index (χ3v) is 2.83. The third kappa shape index (κ3) is 2.72. The monoisotopic (exact) mass is 249 g/mol. The summed E-state index contributed by atoms with van der Waals surface area (Å²) < 4.78 is 10.3. The number of hydrogen-bond donors (Lipinski definition) is 1. The highest BCUT2D eigenvalue weighted by Crippen LogP contribution is 2.34. The maximum absolute atomic E-state index is 11.0. The van der Waals surface area contributed by atoms with Crippen molar-refractivity contribution < 1.29 is 19.4 Å². The highest BCUT2D eigenvalue weighted by Gasteiger charge is 2.28. The number of ether oxygens (including phenoxy) is 2. The molecule has 0 saturated carbocycles. The second-order valence-electron chi connectivity index (χ2n) is 3.84. The number of nitriles is 1. The molecule has 0 spiro atoms. The molecular formula is C13H15NO4. The van der Waals surface area contributed by atoms with Gasteiger partial charge in [-0.25, -0.2) is 0 Å². The lowest BCUT2D eigenvalue weighted by molar-refractivity contribution is -0.140. The maximum atomic E-state index is 11.0. The fourth-order valence-corrected chi connectivity index (χ4v) is 1.76. The highest BCUT2D eigenvalue weighted by atomic mass is 16.5. The standard InChI is InChI=1S/C13H15NO4/c1-8(11(7-14)13(15)16)10-6-9(17-2)4-5-12(10)18-3/h4-6,8,11H,1-3H3,(H,15,16). The zero-order valence-electron chi connectivity index (χ0n) is 10.5. The summed E-state index contributed by atoms with van der Waals surface area (Å²) in [5, 5.41) is 17.9. The van der Waals surface area contributed by atoms with E-state index in [1.165, 1.54) is 14.2 Å². The molecule has 1 N–H and O–H groups in total. The van der Waals surface area contributed by atoms with Crippen molar-refractivity contribution in [2.45, 2.75) is 12.8 Å². The largest absolute Gasteiger partial charge is 0.497 e. The first-order valence-corrected chi connectivity index (χ1v) is 5.39. The molecule has 0 aliphatic rings. The number of aliphatic carboxylic acids is 1. The van der Waals surface area contributed by atoms with Gasteiger partial charge in [-0.3, -0.25) is 4.79 Å². The van der Waals surface area contributed by atoms with Crippen LogP contribution in [0.25, 0.3) is 0 Å². The molecule has 0 aliphatic carbocycles. The molecule has 0 heterocycles. The summed E-state index contributed by atoms with van der Waals surface area (Å²) >= 11 is 0. The molecule has 18 heavy (non-hydrogen) atoms. The topological polar surface area (TPSA) is 79.5 Å². The van der Waals surface area contributed by atoms with Gasteiger partial charge in [-0.15, -0.1) is 0 Å². The van der Waals surface area contributed by atoms with Crippen LogP contribution in [0.3, 0.4) is 0 Å². The fourth-order valence-electron chi connectivity index (χ4n) is 1.76. The summed E-state index contributed by atoms with van der Waals surface area (Å²) in [6.45, 7) is 1.68. The average molecular weight is 249 g/mol. The predicted molar refractivity (Wildman–Crippen MR) is 64.7 cm³/mol. The van der Waals surface area contributed by atoms with E-state index in [4.69, 9.17) is 19.8 Å². The van der Waals surface area contributed by atoms with E-state index in [2.05, 4.69) is 0 Å². The highest BCUT2D eigenvalue weighted by molar-refractivity contribution is 5.74. The molecule has 1 aromatic rings. The first-order chi connectivity index (χ1) is 8.54. The second-order valence-corrected chi connectivity index (χ2v) is 3.84. The van der Waals surface area contributed by atoms with Gasteiger partial charge in [0, 0.05) is 11.5 Å². The van der Waals surface area contributed by atoms with Crippen LogP contribution in [-0.4, -0.2) is 25.3 Å². The van der Waals surface area contributed by atoms with E-state index < -0.39 is 17.8 Å². The number of benzene rings is 1. The summed E-state index contributed by atoms with van der Waals surface area (Å²) in [5.41, 5.74) is 0.644. The van der Waals surface area contributed by atoms with Crippen LogP contribution in [0, 0.1) is 17.2 Å². The van der Waals surface area contributed by atoms with Gasteiger partial charge in [-0.1, -0.05) is 6.92 Å². The molecule has 2 unspecified atom stereocenters. The SMILES string of the molecule is COc1ccc(OC)c(C(C)C(C#N)C(=O)O)c1. The van der Waals surface area contributed by atoms with E-state index in [1.54, 1.807) is 31.2 Å². The average Bonchev–Trinajstić information content (AvgIpc) is 2.38. The van der Waals surface area contributed by atoms with Gasteiger partial charge in [0.25, 0.3) is 0 Å². The van der Waals surface area contributed by atoms with Gasteiger partial charge >= 0.3 is 5.97 Å². The van der Waals surface area contributed by atoms with Crippen LogP contribution in [0.5, 0.6) is 11.5 Å². The molecule has 0 amide bonds. The molecule has 1 rings (SSSR count). The van der Waals surface area contributed by atoms with Gasteiger partial charge in [0.05, 0.1) is 20.3 Å². The smallest absolute Gasteiger partial charge is 0.321 e. The second kappa shape index (κ2) is 5.92. The molecule has 0 bridgehead atoms. The first kappa shape index (κ1) is 13.8. The van der Waals surface area contributed by atoms with Crippen LogP contribution < -0.4 is 9.47 Å². The van der Waals surface area contributed by atoms with Crippen molar-refractivity contribution in [3.8, 4) is 17.6 Å². The van der Waals surface area contributed by atoms with Crippen molar-refractivity contribution >= 4 is 5.97 Å².